The Bertz CT molecular complexity index is 652. The molecule has 1 saturated carbocycles. The summed E-state index contributed by atoms with van der Waals surface area (Å²) in [7, 11) is -3.56. The van der Waals surface area contributed by atoms with E-state index in [0.717, 1.165) is 19.3 Å². The lowest BCUT2D eigenvalue weighted by atomic mass is 9.78. The second kappa shape index (κ2) is 5.81. The van der Waals surface area contributed by atoms with E-state index in [1.54, 1.807) is 22.5 Å². The number of fused-ring (bicyclic) bond motifs is 1. The first-order valence-corrected chi connectivity index (χ1v) is 9.72. The quantitative estimate of drug-likeness (QED) is 0.840. The molecule has 1 aromatic carbocycles. The van der Waals surface area contributed by atoms with Crippen LogP contribution >= 0.6 is 27.5 Å². The van der Waals surface area contributed by atoms with Gasteiger partial charge in [-0.15, -0.1) is 0 Å². The predicted octanol–water partition coefficient (Wildman–Crippen LogP) is 2.85. The number of halogens is 2. The van der Waals surface area contributed by atoms with Crippen molar-refractivity contribution < 1.29 is 8.42 Å². The number of nitrogens with two attached hydrogens (primary N) is 1. The molecule has 3 unspecified atom stereocenters. The Balaban J connectivity index is 1.91. The molecule has 0 radical (unpaired) electrons. The summed E-state index contributed by atoms with van der Waals surface area (Å²) in [6.07, 6.45) is 3.15. The predicted molar refractivity (Wildman–Crippen MR) is 86.7 cm³/mol. The highest BCUT2D eigenvalue weighted by Crippen LogP contribution is 2.39. The normalized spacial score (nSPS) is 30.3. The van der Waals surface area contributed by atoms with Gasteiger partial charge < -0.3 is 5.73 Å². The van der Waals surface area contributed by atoms with E-state index in [4.69, 9.17) is 17.3 Å². The third-order valence-corrected chi connectivity index (χ3v) is 7.94. The van der Waals surface area contributed by atoms with Crippen LogP contribution in [0.5, 0.6) is 0 Å². The maximum atomic E-state index is 12.8. The van der Waals surface area contributed by atoms with Gasteiger partial charge in [0.2, 0.25) is 10.0 Å². The summed E-state index contributed by atoms with van der Waals surface area (Å²) in [6.45, 7) is 1.07. The van der Waals surface area contributed by atoms with E-state index in [1.165, 1.54) is 0 Å². The van der Waals surface area contributed by atoms with Crippen LogP contribution in [0, 0.1) is 11.8 Å². The largest absolute Gasteiger partial charge is 0.327 e. The Labute approximate surface area is 138 Å². The zero-order valence-corrected chi connectivity index (χ0v) is 14.7. The van der Waals surface area contributed by atoms with E-state index in [0.29, 0.717) is 23.5 Å². The van der Waals surface area contributed by atoms with Crippen molar-refractivity contribution in [3.05, 3.63) is 27.7 Å². The molecule has 2 N–H and O–H groups in total. The molecule has 2 aliphatic rings. The van der Waals surface area contributed by atoms with Crippen LogP contribution in [0.4, 0.5) is 0 Å². The van der Waals surface area contributed by atoms with E-state index in [1.807, 2.05) is 0 Å². The van der Waals surface area contributed by atoms with Crippen LogP contribution < -0.4 is 5.73 Å². The van der Waals surface area contributed by atoms with Crippen molar-refractivity contribution in [2.45, 2.75) is 30.2 Å². The van der Waals surface area contributed by atoms with Crippen LogP contribution in [-0.2, 0) is 10.0 Å². The average Bonchev–Trinajstić information content (AvgIpc) is 2.88. The van der Waals surface area contributed by atoms with Crippen molar-refractivity contribution in [2.24, 2.45) is 17.6 Å². The van der Waals surface area contributed by atoms with Crippen LogP contribution in [0.15, 0.2) is 27.6 Å². The minimum atomic E-state index is -3.56. The van der Waals surface area contributed by atoms with Crippen LogP contribution in [0.2, 0.25) is 5.02 Å². The fourth-order valence-corrected chi connectivity index (χ4v) is 6.03. The van der Waals surface area contributed by atoms with Gasteiger partial charge in [-0.25, -0.2) is 8.42 Å². The van der Waals surface area contributed by atoms with Crippen molar-refractivity contribution in [2.75, 3.05) is 13.1 Å². The molecular formula is C14H18BrClN2O2S. The molecule has 21 heavy (non-hydrogen) atoms. The Kier molecular flexibility index (Phi) is 4.36. The van der Waals surface area contributed by atoms with Crippen molar-refractivity contribution in [1.29, 1.82) is 0 Å². The minimum Gasteiger partial charge on any atom is -0.327 e. The molecule has 1 heterocycles. The van der Waals surface area contributed by atoms with Gasteiger partial charge in [0.15, 0.2) is 0 Å². The zero-order valence-electron chi connectivity index (χ0n) is 11.5. The molecule has 0 aromatic heterocycles. The lowest BCUT2D eigenvalue weighted by Crippen LogP contribution is -2.38. The monoisotopic (exact) mass is 392 g/mol. The van der Waals surface area contributed by atoms with Gasteiger partial charge >= 0.3 is 0 Å². The molecule has 1 saturated heterocycles. The van der Waals surface area contributed by atoms with Crippen LogP contribution in [0.3, 0.4) is 0 Å². The van der Waals surface area contributed by atoms with Crippen LogP contribution in [0.25, 0.3) is 0 Å². The second-order valence-corrected chi connectivity index (χ2v) is 9.03. The smallest absolute Gasteiger partial charge is 0.244 e. The Morgan fingerprint density at radius 2 is 2.05 bits per heavy atom. The number of hydrogen-bond acceptors (Lipinski definition) is 3. The van der Waals surface area contributed by atoms with Crippen LogP contribution in [-0.4, -0.2) is 31.9 Å². The summed E-state index contributed by atoms with van der Waals surface area (Å²) >= 11 is 9.44. The van der Waals surface area contributed by atoms with E-state index in [2.05, 4.69) is 15.9 Å². The summed E-state index contributed by atoms with van der Waals surface area (Å²) in [5.41, 5.74) is 6.16. The first kappa shape index (κ1) is 15.7. The Morgan fingerprint density at radius 3 is 2.76 bits per heavy atom. The molecule has 7 heteroatoms. The van der Waals surface area contributed by atoms with Crippen molar-refractivity contribution in [3.63, 3.8) is 0 Å². The molecule has 0 spiro atoms. The summed E-state index contributed by atoms with van der Waals surface area (Å²) in [5.74, 6) is 0.661. The summed E-state index contributed by atoms with van der Waals surface area (Å²) < 4.78 is 27.8. The molecule has 1 aromatic rings. The number of sulfonamides is 1. The minimum absolute atomic E-state index is 0.113. The molecule has 0 bridgehead atoms. The van der Waals surface area contributed by atoms with Crippen molar-refractivity contribution >= 4 is 37.6 Å². The molecule has 1 aliphatic heterocycles. The highest BCUT2D eigenvalue weighted by atomic mass is 79.9. The topological polar surface area (TPSA) is 63.4 Å². The lowest BCUT2D eigenvalue weighted by molar-refractivity contribution is 0.260. The van der Waals surface area contributed by atoms with Gasteiger partial charge in [-0.3, -0.25) is 0 Å². The van der Waals surface area contributed by atoms with E-state index < -0.39 is 10.0 Å². The standard InChI is InChI=1S/C14H18BrClN2O2S/c15-11-4-2-6-13(14(11)16)21(19,20)18-7-9-3-1-5-12(17)10(9)8-18/h2,4,6,9-10,12H,1,3,5,7-8,17H2. The number of nitrogens with zero attached hydrogens (tertiary/aromatic N) is 1. The van der Waals surface area contributed by atoms with Crippen molar-refractivity contribution in [1.82, 2.24) is 4.31 Å². The Hall–Kier alpha value is -0.140. The fourth-order valence-electron chi connectivity index (χ4n) is 3.49. The van der Waals surface area contributed by atoms with E-state index >= 15 is 0 Å². The lowest BCUT2D eigenvalue weighted by Gasteiger charge is -2.29. The maximum absolute atomic E-state index is 12.8. The third kappa shape index (κ3) is 2.77. The highest BCUT2D eigenvalue weighted by molar-refractivity contribution is 9.10. The fraction of sp³-hybridized carbons (Fsp3) is 0.571. The van der Waals surface area contributed by atoms with Gasteiger partial charge in [0.25, 0.3) is 0 Å². The molecule has 0 amide bonds. The second-order valence-electron chi connectivity index (χ2n) is 5.89. The Morgan fingerprint density at radius 1 is 1.29 bits per heavy atom. The average molecular weight is 394 g/mol. The van der Waals surface area contributed by atoms with Gasteiger partial charge in [0.1, 0.15) is 4.90 Å². The molecule has 1 aliphatic carbocycles. The molecule has 2 fully saturated rings. The van der Waals surface area contributed by atoms with Crippen LogP contribution in [0.1, 0.15) is 19.3 Å². The number of rotatable bonds is 2. The van der Waals surface area contributed by atoms with Gasteiger partial charge in [-0.2, -0.15) is 4.31 Å². The van der Waals surface area contributed by atoms with Gasteiger partial charge in [0, 0.05) is 23.6 Å². The van der Waals surface area contributed by atoms with Gasteiger partial charge in [-0.1, -0.05) is 24.1 Å². The SMILES string of the molecule is NC1CCCC2CN(S(=O)(=O)c3cccc(Br)c3Cl)CC12. The van der Waals surface area contributed by atoms with E-state index in [9.17, 15) is 8.42 Å². The molecular weight excluding hydrogens is 376 g/mol. The molecule has 116 valence electrons. The maximum Gasteiger partial charge on any atom is 0.244 e. The van der Waals surface area contributed by atoms with E-state index in [-0.39, 0.29) is 21.9 Å². The molecule has 4 nitrogen and oxygen atoms in total. The van der Waals surface area contributed by atoms with Gasteiger partial charge in [-0.05, 0) is 52.7 Å². The molecule has 3 atom stereocenters. The zero-order chi connectivity index (χ0) is 15.2. The number of hydrogen-bond donors (Lipinski definition) is 1. The third-order valence-electron chi connectivity index (χ3n) is 4.65. The summed E-state index contributed by atoms with van der Waals surface area (Å²) in [4.78, 5) is 0.172. The molecule has 3 rings (SSSR count). The summed E-state index contributed by atoms with van der Waals surface area (Å²) in [6, 6.07) is 5.10. The van der Waals surface area contributed by atoms with Gasteiger partial charge in [0.05, 0.1) is 5.02 Å². The highest BCUT2D eigenvalue weighted by Gasteiger charge is 2.43. The van der Waals surface area contributed by atoms with Crippen molar-refractivity contribution in [3.8, 4) is 0 Å². The number of benzene rings is 1. The first-order chi connectivity index (χ1) is 9.91. The summed E-state index contributed by atoms with van der Waals surface area (Å²) in [5, 5.41) is 0.247. The first-order valence-electron chi connectivity index (χ1n) is 7.11.